The summed E-state index contributed by atoms with van der Waals surface area (Å²) in [7, 11) is 0. The quantitative estimate of drug-likeness (QED) is 0.628. The summed E-state index contributed by atoms with van der Waals surface area (Å²) in [5, 5.41) is 0. The molecule has 0 radical (unpaired) electrons. The summed E-state index contributed by atoms with van der Waals surface area (Å²) in [6.07, 6.45) is 1.86. The van der Waals surface area contributed by atoms with Crippen molar-refractivity contribution in [3.8, 4) is 0 Å². The summed E-state index contributed by atoms with van der Waals surface area (Å²) in [5.74, 6) is -0.188. The number of carbonyl (C=O) groups is 1. The Labute approximate surface area is 71.2 Å². The molecule has 1 aromatic rings. The average molecular weight is 166 g/mol. The van der Waals surface area contributed by atoms with Crippen molar-refractivity contribution in [3.05, 3.63) is 35.1 Å². The lowest BCUT2D eigenvalue weighted by molar-refractivity contribution is -0.107. The number of hydrogen-bond acceptors (Lipinski definition) is 1. The Balaban J connectivity index is 2.96. The van der Waals surface area contributed by atoms with E-state index in [-0.39, 0.29) is 5.82 Å². The lowest BCUT2D eigenvalue weighted by atomic mass is 10.1. The number of rotatable bonds is 3. The number of halogens is 1. The van der Waals surface area contributed by atoms with E-state index < -0.39 is 0 Å². The molecule has 0 aliphatic carbocycles. The molecule has 0 fully saturated rings. The molecule has 0 saturated carbocycles. The molecule has 1 nitrogen and oxygen atoms in total. The first-order valence-corrected chi connectivity index (χ1v) is 3.99. The summed E-state index contributed by atoms with van der Waals surface area (Å²) in [6.45, 7) is 1.89. The zero-order valence-electron chi connectivity index (χ0n) is 7.01. The van der Waals surface area contributed by atoms with E-state index in [9.17, 15) is 9.18 Å². The summed E-state index contributed by atoms with van der Waals surface area (Å²) < 4.78 is 12.9. The molecule has 0 amide bonds. The van der Waals surface area contributed by atoms with Gasteiger partial charge in [-0.1, -0.05) is 19.1 Å². The molecule has 0 atom stereocenters. The summed E-state index contributed by atoms with van der Waals surface area (Å²) in [4.78, 5) is 10.2. The average Bonchev–Trinajstić information content (AvgIpc) is 2.09. The van der Waals surface area contributed by atoms with Crippen LogP contribution in [0.25, 0.3) is 0 Å². The zero-order valence-corrected chi connectivity index (χ0v) is 7.01. The minimum atomic E-state index is -0.188. The number of aryl methyl sites for hydroxylation is 1. The van der Waals surface area contributed by atoms with Gasteiger partial charge < -0.3 is 4.79 Å². The van der Waals surface area contributed by atoms with Crippen LogP contribution in [-0.4, -0.2) is 6.29 Å². The van der Waals surface area contributed by atoms with Crippen molar-refractivity contribution < 1.29 is 9.18 Å². The highest BCUT2D eigenvalue weighted by molar-refractivity contribution is 5.55. The van der Waals surface area contributed by atoms with Gasteiger partial charge in [-0.3, -0.25) is 0 Å². The largest absolute Gasteiger partial charge is 0.303 e. The van der Waals surface area contributed by atoms with E-state index in [1.807, 2.05) is 6.92 Å². The third kappa shape index (κ3) is 1.91. The van der Waals surface area contributed by atoms with Crippen LogP contribution in [0.5, 0.6) is 0 Å². The molecule has 0 aliphatic rings. The Morgan fingerprint density at radius 2 is 2.25 bits per heavy atom. The molecule has 0 unspecified atom stereocenters. The fourth-order valence-corrected chi connectivity index (χ4v) is 1.12. The molecule has 2 heteroatoms. The van der Waals surface area contributed by atoms with Gasteiger partial charge in [-0.05, 0) is 23.6 Å². The maximum atomic E-state index is 12.9. The zero-order chi connectivity index (χ0) is 8.97. The van der Waals surface area contributed by atoms with Crippen molar-refractivity contribution >= 4 is 6.29 Å². The van der Waals surface area contributed by atoms with Gasteiger partial charge in [0.05, 0.1) is 0 Å². The van der Waals surface area contributed by atoms with Crippen LogP contribution in [0.4, 0.5) is 4.39 Å². The third-order valence-electron chi connectivity index (χ3n) is 1.81. The van der Waals surface area contributed by atoms with Gasteiger partial charge in [0.15, 0.2) is 0 Å². The molecular formula is C10H11FO. The SMILES string of the molecule is CCc1cc(CC=O)ccc1F. The molecule has 0 bridgehead atoms. The van der Waals surface area contributed by atoms with E-state index in [0.717, 1.165) is 11.8 Å². The predicted octanol–water partition coefficient (Wildman–Crippen LogP) is 2.13. The van der Waals surface area contributed by atoms with Crippen molar-refractivity contribution in [2.24, 2.45) is 0 Å². The molecule has 1 rings (SSSR count). The van der Waals surface area contributed by atoms with E-state index in [1.165, 1.54) is 6.07 Å². The summed E-state index contributed by atoms with van der Waals surface area (Å²) >= 11 is 0. The van der Waals surface area contributed by atoms with Crippen molar-refractivity contribution in [2.45, 2.75) is 19.8 Å². The van der Waals surface area contributed by atoms with Crippen molar-refractivity contribution in [1.29, 1.82) is 0 Å². The maximum Gasteiger partial charge on any atom is 0.126 e. The third-order valence-corrected chi connectivity index (χ3v) is 1.81. The second-order valence-electron chi connectivity index (χ2n) is 2.65. The smallest absolute Gasteiger partial charge is 0.126 e. The molecule has 0 aliphatic heterocycles. The van der Waals surface area contributed by atoms with Gasteiger partial charge in [0.25, 0.3) is 0 Å². The Morgan fingerprint density at radius 1 is 1.50 bits per heavy atom. The summed E-state index contributed by atoms with van der Waals surface area (Å²) in [5.41, 5.74) is 1.55. The standard InChI is InChI=1S/C10H11FO/c1-2-9-7-8(5-6-12)3-4-10(9)11/h3-4,6-7H,2,5H2,1H3. The van der Waals surface area contributed by atoms with Crippen LogP contribution in [0.2, 0.25) is 0 Å². The monoisotopic (exact) mass is 166 g/mol. The van der Waals surface area contributed by atoms with Gasteiger partial charge in [0.2, 0.25) is 0 Å². The fourth-order valence-electron chi connectivity index (χ4n) is 1.12. The number of benzene rings is 1. The topological polar surface area (TPSA) is 17.1 Å². The van der Waals surface area contributed by atoms with E-state index in [4.69, 9.17) is 0 Å². The Morgan fingerprint density at radius 3 is 2.83 bits per heavy atom. The first kappa shape index (κ1) is 8.91. The molecule has 12 heavy (non-hydrogen) atoms. The van der Waals surface area contributed by atoms with Crippen molar-refractivity contribution in [2.75, 3.05) is 0 Å². The number of carbonyl (C=O) groups excluding carboxylic acids is 1. The lowest BCUT2D eigenvalue weighted by Crippen LogP contribution is -1.92. The normalized spacial score (nSPS) is 9.83. The van der Waals surface area contributed by atoms with Gasteiger partial charge in [0, 0.05) is 6.42 Å². The molecular weight excluding hydrogens is 155 g/mol. The number of hydrogen-bond donors (Lipinski definition) is 0. The van der Waals surface area contributed by atoms with Crippen LogP contribution in [-0.2, 0) is 17.6 Å². The van der Waals surface area contributed by atoms with E-state index in [2.05, 4.69) is 0 Å². The van der Waals surface area contributed by atoms with Crippen molar-refractivity contribution in [1.82, 2.24) is 0 Å². The fraction of sp³-hybridized carbons (Fsp3) is 0.300. The maximum absolute atomic E-state index is 12.9. The highest BCUT2D eigenvalue weighted by Gasteiger charge is 2.00. The Kier molecular flexibility index (Phi) is 2.97. The lowest BCUT2D eigenvalue weighted by Gasteiger charge is -2.01. The molecule has 1 aromatic carbocycles. The van der Waals surface area contributed by atoms with Crippen LogP contribution < -0.4 is 0 Å². The highest BCUT2D eigenvalue weighted by atomic mass is 19.1. The van der Waals surface area contributed by atoms with Crippen LogP contribution >= 0.6 is 0 Å². The number of aldehydes is 1. The van der Waals surface area contributed by atoms with Gasteiger partial charge in [0.1, 0.15) is 12.1 Å². The minimum absolute atomic E-state index is 0.188. The van der Waals surface area contributed by atoms with Gasteiger partial charge >= 0.3 is 0 Å². The predicted molar refractivity (Wildman–Crippen MR) is 45.5 cm³/mol. The molecule has 0 heterocycles. The molecule has 0 spiro atoms. The highest BCUT2D eigenvalue weighted by Crippen LogP contribution is 2.10. The Hall–Kier alpha value is -1.18. The molecule has 0 N–H and O–H groups in total. The minimum Gasteiger partial charge on any atom is -0.303 e. The van der Waals surface area contributed by atoms with E-state index in [0.29, 0.717) is 18.4 Å². The first-order valence-electron chi connectivity index (χ1n) is 3.99. The van der Waals surface area contributed by atoms with Gasteiger partial charge in [-0.25, -0.2) is 4.39 Å². The van der Waals surface area contributed by atoms with Crippen LogP contribution in [0, 0.1) is 5.82 Å². The van der Waals surface area contributed by atoms with E-state index in [1.54, 1.807) is 12.1 Å². The van der Waals surface area contributed by atoms with Gasteiger partial charge in [-0.15, -0.1) is 0 Å². The van der Waals surface area contributed by atoms with Gasteiger partial charge in [-0.2, -0.15) is 0 Å². The molecule has 64 valence electrons. The van der Waals surface area contributed by atoms with Crippen molar-refractivity contribution in [3.63, 3.8) is 0 Å². The first-order chi connectivity index (χ1) is 5.77. The van der Waals surface area contributed by atoms with Crippen LogP contribution in [0.3, 0.4) is 0 Å². The summed E-state index contributed by atoms with van der Waals surface area (Å²) in [6, 6.07) is 4.80. The van der Waals surface area contributed by atoms with Crippen LogP contribution in [0.15, 0.2) is 18.2 Å². The molecule has 0 aromatic heterocycles. The Bertz CT molecular complexity index is 281. The van der Waals surface area contributed by atoms with Crippen LogP contribution in [0.1, 0.15) is 18.1 Å². The van der Waals surface area contributed by atoms with E-state index >= 15 is 0 Å². The second-order valence-corrected chi connectivity index (χ2v) is 2.65. The molecule has 0 saturated heterocycles. The second kappa shape index (κ2) is 4.00.